The fourth-order valence-corrected chi connectivity index (χ4v) is 1.75. The van der Waals surface area contributed by atoms with E-state index in [0.29, 0.717) is 12.4 Å². The third kappa shape index (κ3) is 2.94. The third-order valence-corrected chi connectivity index (χ3v) is 2.64. The van der Waals surface area contributed by atoms with Gasteiger partial charge in [0.2, 0.25) is 0 Å². The maximum Gasteiger partial charge on any atom is 0.193 e. The van der Waals surface area contributed by atoms with Crippen molar-refractivity contribution in [3.05, 3.63) is 28.5 Å². The van der Waals surface area contributed by atoms with Crippen molar-refractivity contribution in [3.63, 3.8) is 0 Å². The number of halogens is 1. The van der Waals surface area contributed by atoms with Gasteiger partial charge < -0.3 is 10.1 Å². The number of aryl methyl sites for hydroxylation is 1. The van der Waals surface area contributed by atoms with Crippen LogP contribution in [0.4, 0.5) is 5.69 Å². The summed E-state index contributed by atoms with van der Waals surface area (Å²) in [5, 5.41) is 14.9. The highest BCUT2D eigenvalue weighted by Crippen LogP contribution is 2.27. The standard InChI is InChI=1S/C10H12BrN5O/c1-16-14-10(13-15-16)6-12-8-5-7(11)3-4-9(8)17-2/h3-5,12H,6H2,1-2H3. The van der Waals surface area contributed by atoms with Crippen molar-refractivity contribution in [1.29, 1.82) is 0 Å². The highest BCUT2D eigenvalue weighted by Gasteiger charge is 2.05. The SMILES string of the molecule is COc1ccc(Br)cc1NCc1nnn(C)n1. The molecule has 1 N–H and O–H groups in total. The quantitative estimate of drug-likeness (QED) is 0.928. The van der Waals surface area contributed by atoms with Crippen LogP contribution in [-0.2, 0) is 13.6 Å². The van der Waals surface area contributed by atoms with E-state index in [4.69, 9.17) is 4.74 Å². The molecular weight excluding hydrogens is 286 g/mol. The average molecular weight is 298 g/mol. The fourth-order valence-electron chi connectivity index (χ4n) is 1.39. The van der Waals surface area contributed by atoms with E-state index in [-0.39, 0.29) is 0 Å². The average Bonchev–Trinajstić information content (AvgIpc) is 2.73. The molecule has 0 aliphatic heterocycles. The molecule has 2 aromatic rings. The minimum absolute atomic E-state index is 0.501. The predicted octanol–water partition coefficient (Wildman–Crippen LogP) is 1.59. The number of hydrogen-bond donors (Lipinski definition) is 1. The first-order valence-electron chi connectivity index (χ1n) is 4.99. The summed E-state index contributed by atoms with van der Waals surface area (Å²) in [6, 6.07) is 5.75. The largest absolute Gasteiger partial charge is 0.495 e. The molecule has 0 spiro atoms. The van der Waals surface area contributed by atoms with Gasteiger partial charge in [0, 0.05) is 4.47 Å². The van der Waals surface area contributed by atoms with Crippen LogP contribution >= 0.6 is 15.9 Å². The van der Waals surface area contributed by atoms with E-state index in [1.54, 1.807) is 14.2 Å². The number of anilines is 1. The summed E-state index contributed by atoms with van der Waals surface area (Å²) in [5.41, 5.74) is 0.884. The van der Waals surface area contributed by atoms with E-state index in [1.165, 1.54) is 4.80 Å². The number of methoxy groups -OCH3 is 1. The lowest BCUT2D eigenvalue weighted by molar-refractivity contribution is 0.416. The van der Waals surface area contributed by atoms with E-state index < -0.39 is 0 Å². The molecule has 0 aliphatic carbocycles. The van der Waals surface area contributed by atoms with Gasteiger partial charge in [-0.05, 0) is 23.4 Å². The Morgan fingerprint density at radius 1 is 1.47 bits per heavy atom. The van der Waals surface area contributed by atoms with Gasteiger partial charge in [0.1, 0.15) is 5.75 Å². The van der Waals surface area contributed by atoms with E-state index in [1.807, 2.05) is 18.2 Å². The zero-order chi connectivity index (χ0) is 12.3. The Kier molecular flexibility index (Phi) is 3.58. The molecule has 0 atom stereocenters. The van der Waals surface area contributed by atoms with Crippen molar-refractivity contribution in [2.75, 3.05) is 12.4 Å². The number of ether oxygens (including phenoxy) is 1. The van der Waals surface area contributed by atoms with E-state index in [9.17, 15) is 0 Å². The van der Waals surface area contributed by atoms with Crippen molar-refractivity contribution in [2.24, 2.45) is 7.05 Å². The van der Waals surface area contributed by atoms with Crippen molar-refractivity contribution in [2.45, 2.75) is 6.54 Å². The van der Waals surface area contributed by atoms with Crippen molar-refractivity contribution < 1.29 is 4.74 Å². The van der Waals surface area contributed by atoms with Crippen LogP contribution in [0.2, 0.25) is 0 Å². The smallest absolute Gasteiger partial charge is 0.193 e. The maximum atomic E-state index is 5.25. The Bertz CT molecular complexity index is 513. The van der Waals surface area contributed by atoms with Crippen molar-refractivity contribution in [3.8, 4) is 5.75 Å². The molecule has 1 aromatic carbocycles. The minimum atomic E-state index is 0.501. The molecule has 7 heteroatoms. The topological polar surface area (TPSA) is 64.9 Å². The molecule has 17 heavy (non-hydrogen) atoms. The lowest BCUT2D eigenvalue weighted by Gasteiger charge is -2.09. The zero-order valence-electron chi connectivity index (χ0n) is 9.51. The number of benzene rings is 1. The molecule has 0 aliphatic rings. The van der Waals surface area contributed by atoms with Crippen molar-refractivity contribution in [1.82, 2.24) is 20.2 Å². The number of tetrazole rings is 1. The molecule has 2 rings (SSSR count). The van der Waals surface area contributed by atoms with E-state index in [2.05, 4.69) is 36.7 Å². The lowest BCUT2D eigenvalue weighted by atomic mass is 10.3. The van der Waals surface area contributed by atoms with Gasteiger partial charge in [0.25, 0.3) is 0 Å². The Morgan fingerprint density at radius 3 is 2.94 bits per heavy atom. The van der Waals surface area contributed by atoms with Crippen LogP contribution in [0.5, 0.6) is 5.75 Å². The summed E-state index contributed by atoms with van der Waals surface area (Å²) in [6.07, 6.45) is 0. The number of nitrogens with one attached hydrogen (secondary N) is 1. The van der Waals surface area contributed by atoms with Gasteiger partial charge >= 0.3 is 0 Å². The first-order valence-corrected chi connectivity index (χ1v) is 5.78. The highest BCUT2D eigenvalue weighted by molar-refractivity contribution is 9.10. The second-order valence-corrected chi connectivity index (χ2v) is 4.31. The van der Waals surface area contributed by atoms with Gasteiger partial charge in [0.15, 0.2) is 5.82 Å². The summed E-state index contributed by atoms with van der Waals surface area (Å²) in [5.74, 6) is 1.41. The molecule has 6 nitrogen and oxygen atoms in total. The Balaban J connectivity index is 2.10. The van der Waals surface area contributed by atoms with Crippen LogP contribution in [0.25, 0.3) is 0 Å². The number of nitrogens with zero attached hydrogens (tertiary/aromatic N) is 4. The first kappa shape index (κ1) is 11.8. The van der Waals surface area contributed by atoms with Gasteiger partial charge in [-0.3, -0.25) is 0 Å². The number of rotatable bonds is 4. The molecular formula is C10H12BrN5O. The molecule has 0 unspecified atom stereocenters. The molecule has 0 bridgehead atoms. The summed E-state index contributed by atoms with van der Waals surface area (Å²) in [4.78, 5) is 1.43. The van der Waals surface area contributed by atoms with Crippen LogP contribution in [-0.4, -0.2) is 27.3 Å². The minimum Gasteiger partial charge on any atom is -0.495 e. The van der Waals surface area contributed by atoms with Crippen LogP contribution in [0.3, 0.4) is 0 Å². The number of hydrogen-bond acceptors (Lipinski definition) is 5. The second kappa shape index (κ2) is 5.13. The molecule has 1 heterocycles. The number of aromatic nitrogens is 4. The van der Waals surface area contributed by atoms with Gasteiger partial charge in [-0.25, -0.2) is 0 Å². The lowest BCUT2D eigenvalue weighted by Crippen LogP contribution is -2.03. The summed E-state index contributed by atoms with van der Waals surface area (Å²) in [6.45, 7) is 0.501. The molecule has 1 aromatic heterocycles. The summed E-state index contributed by atoms with van der Waals surface area (Å²) < 4.78 is 6.23. The molecule has 0 amide bonds. The predicted molar refractivity (Wildman–Crippen MR) is 66.8 cm³/mol. The Morgan fingerprint density at radius 2 is 2.29 bits per heavy atom. The highest BCUT2D eigenvalue weighted by atomic mass is 79.9. The Hall–Kier alpha value is -1.63. The zero-order valence-corrected chi connectivity index (χ0v) is 11.1. The van der Waals surface area contributed by atoms with Crippen LogP contribution in [0.1, 0.15) is 5.82 Å². The molecule has 90 valence electrons. The van der Waals surface area contributed by atoms with Gasteiger partial charge in [-0.2, -0.15) is 4.80 Å². The Labute approximate surface area is 107 Å². The molecule has 0 saturated carbocycles. The monoisotopic (exact) mass is 297 g/mol. The first-order chi connectivity index (χ1) is 8.19. The third-order valence-electron chi connectivity index (χ3n) is 2.15. The normalized spacial score (nSPS) is 10.3. The summed E-state index contributed by atoms with van der Waals surface area (Å²) >= 11 is 3.41. The maximum absolute atomic E-state index is 5.25. The van der Waals surface area contributed by atoms with Crippen LogP contribution < -0.4 is 10.1 Å². The van der Waals surface area contributed by atoms with E-state index >= 15 is 0 Å². The van der Waals surface area contributed by atoms with Gasteiger partial charge in [0.05, 0.1) is 26.4 Å². The van der Waals surface area contributed by atoms with Gasteiger partial charge in [-0.15, -0.1) is 10.2 Å². The van der Waals surface area contributed by atoms with Crippen LogP contribution in [0, 0.1) is 0 Å². The molecule has 0 fully saturated rings. The van der Waals surface area contributed by atoms with E-state index in [0.717, 1.165) is 15.9 Å². The molecule has 0 radical (unpaired) electrons. The second-order valence-electron chi connectivity index (χ2n) is 3.39. The van der Waals surface area contributed by atoms with Crippen molar-refractivity contribution >= 4 is 21.6 Å². The van der Waals surface area contributed by atoms with Gasteiger partial charge in [-0.1, -0.05) is 15.9 Å². The molecule has 0 saturated heterocycles. The summed E-state index contributed by atoms with van der Waals surface area (Å²) in [7, 11) is 3.37. The fraction of sp³-hybridized carbons (Fsp3) is 0.300. The van der Waals surface area contributed by atoms with Crippen LogP contribution in [0.15, 0.2) is 22.7 Å².